The molecule has 0 atom stereocenters. The molecular formula is C15H13NO. The summed E-state index contributed by atoms with van der Waals surface area (Å²) in [6, 6.07) is 7.65. The van der Waals surface area contributed by atoms with Gasteiger partial charge in [0, 0.05) is 17.5 Å². The zero-order chi connectivity index (χ0) is 11.9. The van der Waals surface area contributed by atoms with Crippen molar-refractivity contribution in [3.05, 3.63) is 35.4 Å². The second kappa shape index (κ2) is 5.89. The van der Waals surface area contributed by atoms with Crippen LogP contribution in [0.2, 0.25) is 0 Å². The van der Waals surface area contributed by atoms with Crippen LogP contribution in [0, 0.1) is 23.7 Å². The van der Waals surface area contributed by atoms with E-state index in [1.54, 1.807) is 0 Å². The SMILES string of the molecule is O=C1C#Cc2ccccc2C#CCNCCC1. The third kappa shape index (κ3) is 3.48. The Morgan fingerprint density at radius 3 is 2.65 bits per heavy atom. The molecule has 1 aliphatic heterocycles. The van der Waals surface area contributed by atoms with Gasteiger partial charge in [0.15, 0.2) is 0 Å². The van der Waals surface area contributed by atoms with Crippen LogP contribution in [0.25, 0.3) is 0 Å². The van der Waals surface area contributed by atoms with Gasteiger partial charge in [0.2, 0.25) is 5.78 Å². The summed E-state index contributed by atoms with van der Waals surface area (Å²) in [6.07, 6.45) is 1.33. The van der Waals surface area contributed by atoms with Gasteiger partial charge in [-0.2, -0.15) is 0 Å². The van der Waals surface area contributed by atoms with E-state index in [1.165, 1.54) is 0 Å². The number of hydrogen-bond acceptors (Lipinski definition) is 2. The van der Waals surface area contributed by atoms with E-state index in [0.717, 1.165) is 24.1 Å². The van der Waals surface area contributed by atoms with Crippen LogP contribution < -0.4 is 5.32 Å². The number of hydrogen-bond donors (Lipinski definition) is 1. The average Bonchev–Trinajstić information content (AvgIpc) is 2.34. The number of carbonyl (C=O) groups excluding carboxylic acids is 1. The smallest absolute Gasteiger partial charge is 0.205 e. The van der Waals surface area contributed by atoms with Gasteiger partial charge in [0.1, 0.15) is 0 Å². The maximum absolute atomic E-state index is 11.5. The highest BCUT2D eigenvalue weighted by Gasteiger charge is 1.99. The quantitative estimate of drug-likeness (QED) is 0.672. The van der Waals surface area contributed by atoms with Gasteiger partial charge in [-0.1, -0.05) is 29.9 Å². The molecule has 0 fully saturated rings. The summed E-state index contributed by atoms with van der Waals surface area (Å²) in [5.74, 6) is 11.7. The molecular weight excluding hydrogens is 210 g/mol. The Hall–Kier alpha value is -2.03. The number of fused-ring (bicyclic) bond motifs is 1. The summed E-state index contributed by atoms with van der Waals surface area (Å²) in [6.45, 7) is 1.46. The first-order chi connectivity index (χ1) is 8.36. The lowest BCUT2D eigenvalue weighted by Gasteiger charge is -1.99. The van der Waals surface area contributed by atoms with Crippen LogP contribution in [0.15, 0.2) is 24.3 Å². The van der Waals surface area contributed by atoms with E-state index in [4.69, 9.17) is 0 Å². The molecule has 0 bridgehead atoms. The molecule has 2 nitrogen and oxygen atoms in total. The molecule has 2 heteroatoms. The van der Waals surface area contributed by atoms with Crippen molar-refractivity contribution in [2.75, 3.05) is 13.1 Å². The fourth-order valence-electron chi connectivity index (χ4n) is 1.56. The summed E-state index contributed by atoms with van der Waals surface area (Å²) in [5.41, 5.74) is 1.71. The zero-order valence-corrected chi connectivity index (χ0v) is 9.55. The number of Topliss-reactive ketones (excluding diaryl/α,β-unsaturated/α-hetero) is 1. The Morgan fingerprint density at radius 1 is 1.06 bits per heavy atom. The topological polar surface area (TPSA) is 29.1 Å². The molecule has 17 heavy (non-hydrogen) atoms. The van der Waals surface area contributed by atoms with Gasteiger partial charge in [-0.15, -0.1) is 0 Å². The molecule has 1 aromatic rings. The Labute approximate surface area is 101 Å². The average molecular weight is 223 g/mol. The molecule has 1 aliphatic rings. The van der Waals surface area contributed by atoms with E-state index in [-0.39, 0.29) is 5.78 Å². The second-order valence-corrected chi connectivity index (χ2v) is 3.80. The predicted molar refractivity (Wildman–Crippen MR) is 67.3 cm³/mol. The standard InChI is InChI=1S/C15H13NO/c17-15-8-4-12-16-11-3-7-13-5-1-2-6-14(13)9-10-15/h1-2,5-6,16H,4,8,11-12H2. The number of ketones is 1. The van der Waals surface area contributed by atoms with E-state index in [1.807, 2.05) is 24.3 Å². The Balaban J connectivity index is 2.34. The summed E-state index contributed by atoms with van der Waals surface area (Å²) in [7, 11) is 0. The van der Waals surface area contributed by atoms with E-state index < -0.39 is 0 Å². The lowest BCUT2D eigenvalue weighted by Crippen LogP contribution is -2.16. The van der Waals surface area contributed by atoms with Gasteiger partial charge in [-0.3, -0.25) is 4.79 Å². The van der Waals surface area contributed by atoms with Gasteiger partial charge >= 0.3 is 0 Å². The van der Waals surface area contributed by atoms with Crippen LogP contribution in [-0.4, -0.2) is 18.9 Å². The first-order valence-corrected chi connectivity index (χ1v) is 5.70. The summed E-state index contributed by atoms with van der Waals surface area (Å²) < 4.78 is 0. The Kier molecular flexibility index (Phi) is 3.97. The zero-order valence-electron chi connectivity index (χ0n) is 9.55. The summed E-state index contributed by atoms with van der Waals surface area (Å²) in [4.78, 5) is 11.5. The molecule has 1 N–H and O–H groups in total. The predicted octanol–water partition coefficient (Wildman–Crippen LogP) is 1.34. The van der Waals surface area contributed by atoms with Crippen LogP contribution in [-0.2, 0) is 4.79 Å². The summed E-state index contributed by atoms with van der Waals surface area (Å²) in [5, 5.41) is 3.18. The van der Waals surface area contributed by atoms with Crippen LogP contribution >= 0.6 is 0 Å². The van der Waals surface area contributed by atoms with Crippen molar-refractivity contribution in [1.82, 2.24) is 5.32 Å². The largest absolute Gasteiger partial charge is 0.306 e. The molecule has 84 valence electrons. The van der Waals surface area contributed by atoms with Crippen LogP contribution in [0.5, 0.6) is 0 Å². The maximum Gasteiger partial charge on any atom is 0.205 e. The van der Waals surface area contributed by atoms with E-state index >= 15 is 0 Å². The fraction of sp³-hybridized carbons (Fsp3) is 0.267. The van der Waals surface area contributed by atoms with Crippen LogP contribution in [0.4, 0.5) is 0 Å². The van der Waals surface area contributed by atoms with Gasteiger partial charge < -0.3 is 5.32 Å². The third-order valence-electron chi connectivity index (χ3n) is 2.46. The highest BCUT2D eigenvalue weighted by atomic mass is 16.1. The van der Waals surface area contributed by atoms with E-state index in [9.17, 15) is 4.79 Å². The lowest BCUT2D eigenvalue weighted by molar-refractivity contribution is -0.113. The molecule has 0 unspecified atom stereocenters. The van der Waals surface area contributed by atoms with Gasteiger partial charge in [-0.25, -0.2) is 0 Å². The number of nitrogens with one attached hydrogen (secondary N) is 1. The van der Waals surface area contributed by atoms with Crippen molar-refractivity contribution in [2.45, 2.75) is 12.8 Å². The molecule has 0 radical (unpaired) electrons. The molecule has 1 heterocycles. The molecule has 0 spiro atoms. The van der Waals surface area contributed by atoms with Crippen molar-refractivity contribution in [3.8, 4) is 23.7 Å². The van der Waals surface area contributed by atoms with Crippen molar-refractivity contribution < 1.29 is 4.79 Å². The van der Waals surface area contributed by atoms with Gasteiger partial charge in [-0.05, 0) is 31.0 Å². The normalized spacial score (nSPS) is 15.2. The Morgan fingerprint density at radius 2 is 1.82 bits per heavy atom. The number of rotatable bonds is 0. The van der Waals surface area contributed by atoms with E-state index in [0.29, 0.717) is 13.0 Å². The summed E-state index contributed by atoms with van der Waals surface area (Å²) >= 11 is 0. The first kappa shape index (κ1) is 11.5. The monoisotopic (exact) mass is 223 g/mol. The molecule has 0 saturated carbocycles. The number of carbonyl (C=O) groups is 1. The molecule has 0 aromatic heterocycles. The third-order valence-corrected chi connectivity index (χ3v) is 2.46. The minimum Gasteiger partial charge on any atom is -0.306 e. The Bertz CT molecular complexity index is 537. The van der Waals surface area contributed by atoms with Crippen LogP contribution in [0.3, 0.4) is 0 Å². The highest BCUT2D eigenvalue weighted by Crippen LogP contribution is 2.05. The second-order valence-electron chi connectivity index (χ2n) is 3.80. The minimum atomic E-state index is -0.00450. The fourth-order valence-corrected chi connectivity index (χ4v) is 1.56. The molecule has 0 aliphatic carbocycles. The van der Waals surface area contributed by atoms with Crippen molar-refractivity contribution in [2.24, 2.45) is 0 Å². The van der Waals surface area contributed by atoms with Crippen molar-refractivity contribution in [1.29, 1.82) is 0 Å². The molecule has 0 saturated heterocycles. The maximum atomic E-state index is 11.5. The van der Waals surface area contributed by atoms with Gasteiger partial charge in [0.05, 0.1) is 6.54 Å². The van der Waals surface area contributed by atoms with Crippen molar-refractivity contribution >= 4 is 5.78 Å². The first-order valence-electron chi connectivity index (χ1n) is 5.70. The molecule has 1 aromatic carbocycles. The van der Waals surface area contributed by atoms with Crippen LogP contribution in [0.1, 0.15) is 24.0 Å². The van der Waals surface area contributed by atoms with Crippen molar-refractivity contribution in [3.63, 3.8) is 0 Å². The van der Waals surface area contributed by atoms with Gasteiger partial charge in [0.25, 0.3) is 0 Å². The molecule has 2 rings (SSSR count). The lowest BCUT2D eigenvalue weighted by atomic mass is 10.1. The minimum absolute atomic E-state index is 0.00450. The van der Waals surface area contributed by atoms with E-state index in [2.05, 4.69) is 29.0 Å². The highest BCUT2D eigenvalue weighted by molar-refractivity contribution is 5.96. The molecule has 0 amide bonds. The number of benzene rings is 1.